The second-order valence-electron chi connectivity index (χ2n) is 4.77. The van der Waals surface area contributed by atoms with Crippen LogP contribution in [0.1, 0.15) is 12.2 Å². The minimum absolute atomic E-state index is 0.166. The number of hydrogen-bond acceptors (Lipinski definition) is 4. The van der Waals surface area contributed by atoms with Gasteiger partial charge in [0.15, 0.2) is 0 Å². The van der Waals surface area contributed by atoms with Crippen molar-refractivity contribution in [3.63, 3.8) is 0 Å². The zero-order valence-electron chi connectivity index (χ0n) is 11.4. The number of likely N-dealkylation sites (N-methyl/N-ethyl adjacent to an activating group) is 1. The fourth-order valence-corrected chi connectivity index (χ4v) is 2.24. The van der Waals surface area contributed by atoms with Crippen molar-refractivity contribution in [1.29, 1.82) is 0 Å². The number of rotatable bonds is 7. The summed E-state index contributed by atoms with van der Waals surface area (Å²) in [5.41, 5.74) is 7.79. The van der Waals surface area contributed by atoms with E-state index < -0.39 is 0 Å². The van der Waals surface area contributed by atoms with Gasteiger partial charge >= 0.3 is 0 Å². The molecule has 0 fully saturated rings. The number of hydrogen-bond donors (Lipinski definition) is 2. The molecule has 5 nitrogen and oxygen atoms in total. The maximum Gasteiger partial charge on any atom is 0.124 e. The van der Waals surface area contributed by atoms with Gasteiger partial charge in [0.2, 0.25) is 0 Å². The summed E-state index contributed by atoms with van der Waals surface area (Å²) in [6, 6.07) is 8.16. The minimum Gasteiger partial charge on any atom is -0.395 e. The fourth-order valence-electron chi connectivity index (χ4n) is 2.24. The number of aliphatic hydroxyl groups excluding tert-OH is 1. The van der Waals surface area contributed by atoms with Gasteiger partial charge in [0.25, 0.3) is 0 Å². The molecule has 0 bridgehead atoms. The smallest absolute Gasteiger partial charge is 0.124 e. The third-order valence-electron chi connectivity index (χ3n) is 3.21. The molecular formula is C14H22N4O. The number of para-hydroxylation sites is 2. The maximum absolute atomic E-state index is 8.98. The van der Waals surface area contributed by atoms with Crippen LogP contribution in [0.15, 0.2) is 24.3 Å². The minimum atomic E-state index is 0.166. The van der Waals surface area contributed by atoms with Crippen LogP contribution in [-0.4, -0.2) is 46.3 Å². The van der Waals surface area contributed by atoms with Crippen LogP contribution in [-0.2, 0) is 13.1 Å². The molecule has 1 aromatic heterocycles. The zero-order valence-corrected chi connectivity index (χ0v) is 11.4. The van der Waals surface area contributed by atoms with Gasteiger partial charge in [-0.25, -0.2) is 4.98 Å². The second kappa shape index (κ2) is 6.65. The van der Waals surface area contributed by atoms with Crippen LogP contribution in [0.25, 0.3) is 11.0 Å². The molecule has 0 aliphatic heterocycles. The largest absolute Gasteiger partial charge is 0.395 e. The highest BCUT2D eigenvalue weighted by atomic mass is 16.3. The van der Waals surface area contributed by atoms with E-state index in [1.54, 1.807) is 0 Å². The Hall–Kier alpha value is -1.43. The summed E-state index contributed by atoms with van der Waals surface area (Å²) >= 11 is 0. The number of benzene rings is 1. The van der Waals surface area contributed by atoms with Crippen molar-refractivity contribution in [1.82, 2.24) is 14.5 Å². The van der Waals surface area contributed by atoms with Crippen molar-refractivity contribution < 1.29 is 5.11 Å². The lowest BCUT2D eigenvalue weighted by molar-refractivity contribution is 0.213. The Labute approximate surface area is 113 Å². The molecule has 3 N–H and O–H groups in total. The summed E-state index contributed by atoms with van der Waals surface area (Å²) in [4.78, 5) is 6.76. The van der Waals surface area contributed by atoms with Crippen molar-refractivity contribution in [3.8, 4) is 0 Å². The van der Waals surface area contributed by atoms with Gasteiger partial charge in [-0.1, -0.05) is 12.1 Å². The molecule has 0 radical (unpaired) electrons. The van der Waals surface area contributed by atoms with Crippen LogP contribution < -0.4 is 5.73 Å². The fraction of sp³-hybridized carbons (Fsp3) is 0.500. The van der Waals surface area contributed by atoms with Crippen molar-refractivity contribution in [2.45, 2.75) is 19.5 Å². The van der Waals surface area contributed by atoms with E-state index in [4.69, 9.17) is 10.8 Å². The third kappa shape index (κ3) is 3.32. The average molecular weight is 262 g/mol. The molecule has 2 rings (SSSR count). The lowest BCUT2D eigenvalue weighted by Gasteiger charge is -2.16. The number of nitrogens with two attached hydrogens (primary N) is 1. The zero-order chi connectivity index (χ0) is 13.7. The molecule has 104 valence electrons. The van der Waals surface area contributed by atoms with Gasteiger partial charge < -0.3 is 15.4 Å². The summed E-state index contributed by atoms with van der Waals surface area (Å²) in [7, 11) is 1.99. The quantitative estimate of drug-likeness (QED) is 0.775. The molecule has 0 spiro atoms. The topological polar surface area (TPSA) is 67.3 Å². The standard InChI is InChI=1S/C14H22N4O/c1-17(9-10-19)11-14-16-12-5-2-3-6-13(12)18(14)8-4-7-15/h2-3,5-6,19H,4,7-11,15H2,1H3. The Balaban J connectivity index is 2.29. The van der Waals surface area contributed by atoms with Crippen LogP contribution in [0.2, 0.25) is 0 Å². The molecule has 5 heteroatoms. The highest BCUT2D eigenvalue weighted by Gasteiger charge is 2.11. The maximum atomic E-state index is 8.98. The lowest BCUT2D eigenvalue weighted by Crippen LogP contribution is -2.24. The number of aromatic nitrogens is 2. The van der Waals surface area contributed by atoms with E-state index in [1.807, 2.05) is 25.2 Å². The molecule has 0 aliphatic carbocycles. The van der Waals surface area contributed by atoms with E-state index in [-0.39, 0.29) is 6.61 Å². The van der Waals surface area contributed by atoms with Crippen molar-refractivity contribution >= 4 is 11.0 Å². The highest BCUT2D eigenvalue weighted by molar-refractivity contribution is 5.75. The van der Waals surface area contributed by atoms with Gasteiger partial charge in [-0.05, 0) is 32.1 Å². The average Bonchev–Trinajstić information content (AvgIpc) is 2.74. The molecule has 2 aromatic rings. The predicted octanol–water partition coefficient (Wildman–Crippen LogP) is 0.809. The molecule has 1 aromatic carbocycles. The Morgan fingerprint density at radius 2 is 2.16 bits per heavy atom. The van der Waals surface area contributed by atoms with E-state index in [9.17, 15) is 0 Å². The van der Waals surface area contributed by atoms with Gasteiger partial charge in [-0.15, -0.1) is 0 Å². The summed E-state index contributed by atoms with van der Waals surface area (Å²) in [5.74, 6) is 1.03. The van der Waals surface area contributed by atoms with Gasteiger partial charge in [0.05, 0.1) is 24.2 Å². The molecule has 0 unspecified atom stereocenters. The SMILES string of the molecule is CN(CCO)Cc1nc2ccccc2n1CCCN. The first kappa shape index (κ1) is 14.0. The van der Waals surface area contributed by atoms with E-state index >= 15 is 0 Å². The van der Waals surface area contributed by atoms with E-state index in [1.165, 1.54) is 0 Å². The monoisotopic (exact) mass is 262 g/mol. The van der Waals surface area contributed by atoms with Crippen molar-refractivity contribution in [2.24, 2.45) is 5.73 Å². The second-order valence-corrected chi connectivity index (χ2v) is 4.77. The molecule has 0 atom stereocenters. The summed E-state index contributed by atoms with van der Waals surface area (Å²) in [5, 5.41) is 8.98. The molecule has 1 heterocycles. The molecule has 0 aliphatic rings. The number of imidazole rings is 1. The van der Waals surface area contributed by atoms with Crippen molar-refractivity contribution in [2.75, 3.05) is 26.7 Å². The molecule has 19 heavy (non-hydrogen) atoms. The highest BCUT2D eigenvalue weighted by Crippen LogP contribution is 2.17. The molecule has 0 saturated carbocycles. The number of aryl methyl sites for hydroxylation is 1. The van der Waals surface area contributed by atoms with E-state index in [0.29, 0.717) is 13.1 Å². The summed E-state index contributed by atoms with van der Waals surface area (Å²) in [6.45, 7) is 3.12. The Kier molecular flexibility index (Phi) is 4.90. The number of aliphatic hydroxyl groups is 1. The van der Waals surface area contributed by atoms with Gasteiger partial charge in [0, 0.05) is 13.1 Å². The predicted molar refractivity (Wildman–Crippen MR) is 76.8 cm³/mol. The summed E-state index contributed by atoms with van der Waals surface area (Å²) < 4.78 is 2.23. The first-order valence-electron chi connectivity index (χ1n) is 6.70. The van der Waals surface area contributed by atoms with Crippen molar-refractivity contribution in [3.05, 3.63) is 30.1 Å². The van der Waals surface area contributed by atoms with E-state index in [0.717, 1.165) is 36.4 Å². The normalized spacial score (nSPS) is 11.6. The number of nitrogens with zero attached hydrogens (tertiary/aromatic N) is 3. The Morgan fingerprint density at radius 3 is 2.89 bits per heavy atom. The van der Waals surface area contributed by atoms with Crippen LogP contribution in [0, 0.1) is 0 Å². The van der Waals surface area contributed by atoms with Crippen LogP contribution >= 0.6 is 0 Å². The molecule has 0 saturated heterocycles. The van der Waals surface area contributed by atoms with Gasteiger partial charge in [-0.2, -0.15) is 0 Å². The van der Waals surface area contributed by atoms with Crippen LogP contribution in [0.5, 0.6) is 0 Å². The molecule has 0 amide bonds. The third-order valence-corrected chi connectivity index (χ3v) is 3.21. The first-order chi connectivity index (χ1) is 9.26. The first-order valence-corrected chi connectivity index (χ1v) is 6.70. The van der Waals surface area contributed by atoms with Gasteiger partial charge in [-0.3, -0.25) is 4.90 Å². The number of fused-ring (bicyclic) bond motifs is 1. The Bertz CT molecular complexity index is 523. The van der Waals surface area contributed by atoms with Crippen LogP contribution in [0.3, 0.4) is 0 Å². The van der Waals surface area contributed by atoms with Crippen LogP contribution in [0.4, 0.5) is 0 Å². The lowest BCUT2D eigenvalue weighted by atomic mass is 10.3. The van der Waals surface area contributed by atoms with E-state index in [2.05, 4.69) is 20.5 Å². The molecular weight excluding hydrogens is 240 g/mol. The van der Waals surface area contributed by atoms with Gasteiger partial charge in [0.1, 0.15) is 5.82 Å². The summed E-state index contributed by atoms with van der Waals surface area (Å²) in [6.07, 6.45) is 0.942. The Morgan fingerprint density at radius 1 is 1.37 bits per heavy atom.